The predicted octanol–water partition coefficient (Wildman–Crippen LogP) is 3.19. The minimum absolute atomic E-state index is 0.0253. The lowest BCUT2D eigenvalue weighted by molar-refractivity contribution is -0.124. The van der Waals surface area contributed by atoms with Gasteiger partial charge in [-0.25, -0.2) is 0 Å². The summed E-state index contributed by atoms with van der Waals surface area (Å²) >= 11 is 0. The van der Waals surface area contributed by atoms with Gasteiger partial charge < -0.3 is 4.74 Å². The van der Waals surface area contributed by atoms with Gasteiger partial charge in [-0.2, -0.15) is 0 Å². The van der Waals surface area contributed by atoms with Gasteiger partial charge in [0.15, 0.2) is 5.78 Å². The van der Waals surface area contributed by atoms with Gasteiger partial charge in [0.1, 0.15) is 18.1 Å². The minimum Gasteiger partial charge on any atom is -0.490 e. The number of ether oxygens (including phenoxy) is 1. The van der Waals surface area contributed by atoms with Crippen molar-refractivity contribution in [2.75, 3.05) is 6.61 Å². The summed E-state index contributed by atoms with van der Waals surface area (Å²) in [6.45, 7) is 4.01. The molecule has 3 heteroatoms. The second kappa shape index (κ2) is 6.32. The lowest BCUT2D eigenvalue weighted by Gasteiger charge is -2.23. The van der Waals surface area contributed by atoms with Crippen molar-refractivity contribution in [2.45, 2.75) is 25.7 Å². The Labute approximate surface area is 113 Å². The Morgan fingerprint density at radius 3 is 2.47 bits per heavy atom. The molecule has 0 unspecified atom stereocenters. The van der Waals surface area contributed by atoms with E-state index in [-0.39, 0.29) is 23.9 Å². The molecule has 0 atom stereocenters. The Bertz CT molecular complexity index is 469. The third-order valence-corrected chi connectivity index (χ3v) is 3.44. The number of ketones is 2. The molecule has 0 saturated heterocycles. The molecule has 0 N–H and O–H groups in total. The molecular formula is C16H18O3. The first-order chi connectivity index (χ1) is 9.20. The summed E-state index contributed by atoms with van der Waals surface area (Å²) in [4.78, 5) is 23.7. The molecule has 0 heterocycles. The lowest BCUT2D eigenvalue weighted by atomic mass is 9.80. The molecule has 1 saturated carbocycles. The molecule has 2 rings (SSSR count). The van der Waals surface area contributed by atoms with Crippen LogP contribution in [-0.4, -0.2) is 18.2 Å². The fourth-order valence-electron chi connectivity index (χ4n) is 2.03. The van der Waals surface area contributed by atoms with Crippen LogP contribution in [0.15, 0.2) is 36.9 Å². The number of carbonyl (C=O) groups is 2. The van der Waals surface area contributed by atoms with Crippen molar-refractivity contribution in [1.82, 2.24) is 0 Å². The van der Waals surface area contributed by atoms with E-state index in [4.69, 9.17) is 4.74 Å². The molecule has 1 aromatic rings. The second-order valence-corrected chi connectivity index (χ2v) is 4.82. The maximum atomic E-state index is 11.9. The maximum absolute atomic E-state index is 11.9. The fourth-order valence-corrected chi connectivity index (χ4v) is 2.03. The molecule has 3 nitrogen and oxygen atoms in total. The standard InChI is InChI=1S/C16H18O3/c1-2-10-19-14-8-6-13(7-9-14)16(18)11-15(17)12-4-3-5-12/h2,6-9,12H,1,3-5,10-11H2. The van der Waals surface area contributed by atoms with Crippen LogP contribution in [0.2, 0.25) is 0 Å². The Hall–Kier alpha value is -1.90. The monoisotopic (exact) mass is 258 g/mol. The highest BCUT2D eigenvalue weighted by atomic mass is 16.5. The summed E-state index contributed by atoms with van der Waals surface area (Å²) < 4.78 is 5.34. The van der Waals surface area contributed by atoms with Crippen LogP contribution in [0.3, 0.4) is 0 Å². The van der Waals surface area contributed by atoms with Gasteiger partial charge in [0.2, 0.25) is 0 Å². The van der Waals surface area contributed by atoms with E-state index in [0.717, 1.165) is 19.3 Å². The van der Waals surface area contributed by atoms with Gasteiger partial charge >= 0.3 is 0 Å². The summed E-state index contributed by atoms with van der Waals surface area (Å²) in [6, 6.07) is 6.89. The van der Waals surface area contributed by atoms with Crippen molar-refractivity contribution in [2.24, 2.45) is 5.92 Å². The van der Waals surface area contributed by atoms with E-state index in [1.807, 2.05) is 0 Å². The molecule has 1 aliphatic rings. The first-order valence-electron chi connectivity index (χ1n) is 6.60. The van der Waals surface area contributed by atoms with E-state index >= 15 is 0 Å². The Balaban J connectivity index is 1.91. The lowest BCUT2D eigenvalue weighted by Crippen LogP contribution is -2.24. The molecule has 0 aliphatic heterocycles. The van der Waals surface area contributed by atoms with Crippen LogP contribution in [0.1, 0.15) is 36.0 Å². The van der Waals surface area contributed by atoms with Crippen LogP contribution < -0.4 is 4.74 Å². The number of hydrogen-bond donors (Lipinski definition) is 0. The van der Waals surface area contributed by atoms with Gasteiger partial charge in [-0.1, -0.05) is 19.1 Å². The molecule has 0 aromatic heterocycles. The molecule has 1 aliphatic carbocycles. The molecule has 0 amide bonds. The van der Waals surface area contributed by atoms with E-state index < -0.39 is 0 Å². The second-order valence-electron chi connectivity index (χ2n) is 4.82. The first kappa shape index (κ1) is 13.5. The van der Waals surface area contributed by atoms with Crippen molar-refractivity contribution in [3.8, 4) is 5.75 Å². The van der Waals surface area contributed by atoms with Gasteiger partial charge in [0, 0.05) is 11.5 Å². The largest absolute Gasteiger partial charge is 0.490 e. The smallest absolute Gasteiger partial charge is 0.170 e. The third kappa shape index (κ3) is 3.53. The quantitative estimate of drug-likeness (QED) is 0.428. The fraction of sp³-hybridized carbons (Fsp3) is 0.375. The maximum Gasteiger partial charge on any atom is 0.170 e. The molecule has 100 valence electrons. The van der Waals surface area contributed by atoms with Crippen molar-refractivity contribution in [3.05, 3.63) is 42.5 Å². The van der Waals surface area contributed by atoms with E-state index in [1.165, 1.54) is 0 Å². The molecular weight excluding hydrogens is 240 g/mol. The average Bonchev–Trinajstić information content (AvgIpc) is 2.34. The number of rotatable bonds is 7. The van der Waals surface area contributed by atoms with Crippen LogP contribution in [-0.2, 0) is 4.79 Å². The van der Waals surface area contributed by atoms with E-state index in [2.05, 4.69) is 6.58 Å². The Kier molecular flexibility index (Phi) is 4.50. The van der Waals surface area contributed by atoms with Crippen LogP contribution in [0.25, 0.3) is 0 Å². The Morgan fingerprint density at radius 2 is 1.95 bits per heavy atom. The van der Waals surface area contributed by atoms with Crippen molar-refractivity contribution in [3.63, 3.8) is 0 Å². The average molecular weight is 258 g/mol. The third-order valence-electron chi connectivity index (χ3n) is 3.44. The highest BCUT2D eigenvalue weighted by molar-refractivity contribution is 6.08. The minimum atomic E-state index is -0.104. The van der Waals surface area contributed by atoms with Crippen LogP contribution in [0, 0.1) is 5.92 Å². The SMILES string of the molecule is C=CCOc1ccc(C(=O)CC(=O)C2CCC2)cc1. The van der Waals surface area contributed by atoms with Gasteiger partial charge in [-0.05, 0) is 37.1 Å². The van der Waals surface area contributed by atoms with Gasteiger partial charge in [-0.3, -0.25) is 9.59 Å². The van der Waals surface area contributed by atoms with Crippen LogP contribution in [0.4, 0.5) is 0 Å². The summed E-state index contributed by atoms with van der Waals surface area (Å²) in [5.74, 6) is 0.802. The van der Waals surface area contributed by atoms with Crippen molar-refractivity contribution < 1.29 is 14.3 Å². The van der Waals surface area contributed by atoms with E-state index in [1.54, 1.807) is 30.3 Å². The number of benzene rings is 1. The van der Waals surface area contributed by atoms with Crippen LogP contribution in [0.5, 0.6) is 5.75 Å². The Morgan fingerprint density at radius 1 is 1.26 bits per heavy atom. The van der Waals surface area contributed by atoms with E-state index in [9.17, 15) is 9.59 Å². The highest BCUT2D eigenvalue weighted by Gasteiger charge is 2.26. The molecule has 0 spiro atoms. The molecule has 19 heavy (non-hydrogen) atoms. The zero-order valence-electron chi connectivity index (χ0n) is 10.9. The van der Waals surface area contributed by atoms with Crippen molar-refractivity contribution >= 4 is 11.6 Å². The number of Topliss-reactive ketones (excluding diaryl/α,β-unsaturated/α-hetero) is 2. The molecule has 0 bridgehead atoms. The predicted molar refractivity (Wildman–Crippen MR) is 73.4 cm³/mol. The van der Waals surface area contributed by atoms with E-state index in [0.29, 0.717) is 17.9 Å². The number of carbonyl (C=O) groups excluding carboxylic acids is 2. The molecule has 1 fully saturated rings. The number of hydrogen-bond acceptors (Lipinski definition) is 3. The summed E-state index contributed by atoms with van der Waals surface area (Å²) in [5.41, 5.74) is 0.568. The summed E-state index contributed by atoms with van der Waals surface area (Å²) in [6.07, 6.45) is 4.69. The topological polar surface area (TPSA) is 43.4 Å². The highest BCUT2D eigenvalue weighted by Crippen LogP contribution is 2.28. The first-order valence-corrected chi connectivity index (χ1v) is 6.60. The van der Waals surface area contributed by atoms with Gasteiger partial charge in [0.25, 0.3) is 0 Å². The summed E-state index contributed by atoms with van der Waals surface area (Å²) in [5, 5.41) is 0. The van der Waals surface area contributed by atoms with Gasteiger partial charge in [0.05, 0.1) is 6.42 Å². The molecule has 0 radical (unpaired) electrons. The molecule has 1 aromatic carbocycles. The zero-order valence-corrected chi connectivity index (χ0v) is 10.9. The summed E-state index contributed by atoms with van der Waals surface area (Å²) in [7, 11) is 0. The normalized spacial score (nSPS) is 14.5. The van der Waals surface area contributed by atoms with Gasteiger partial charge in [-0.15, -0.1) is 0 Å². The van der Waals surface area contributed by atoms with Crippen LogP contribution >= 0.6 is 0 Å². The zero-order chi connectivity index (χ0) is 13.7. The van der Waals surface area contributed by atoms with Crippen molar-refractivity contribution in [1.29, 1.82) is 0 Å².